The second-order valence-electron chi connectivity index (χ2n) is 6.77. The minimum atomic E-state index is -3.76. The molecule has 9 heteroatoms. The van der Waals surface area contributed by atoms with Crippen molar-refractivity contribution in [1.82, 2.24) is 19.6 Å². The zero-order chi connectivity index (χ0) is 18.3. The van der Waals surface area contributed by atoms with E-state index in [1.54, 1.807) is 4.57 Å². The summed E-state index contributed by atoms with van der Waals surface area (Å²) in [5.41, 5.74) is 0.594. The molecule has 26 heavy (non-hydrogen) atoms. The van der Waals surface area contributed by atoms with E-state index in [2.05, 4.69) is 15.0 Å². The number of rotatable bonds is 4. The zero-order valence-corrected chi connectivity index (χ0v) is 14.9. The Kier molecular flexibility index (Phi) is 4.54. The summed E-state index contributed by atoms with van der Waals surface area (Å²) >= 11 is 0. The monoisotopic (exact) mass is 382 g/mol. The predicted octanol–water partition coefficient (Wildman–Crippen LogP) is 1.53. The lowest BCUT2D eigenvalue weighted by Gasteiger charge is -2.33. The number of nitrogens with one attached hydrogen (secondary N) is 2. The highest BCUT2D eigenvalue weighted by molar-refractivity contribution is 7.89. The van der Waals surface area contributed by atoms with Gasteiger partial charge in [-0.15, -0.1) is 0 Å². The third-order valence-electron chi connectivity index (χ3n) is 5.12. The van der Waals surface area contributed by atoms with Gasteiger partial charge in [0.05, 0.1) is 6.20 Å². The minimum Gasteiger partial charge on any atom is -0.318 e. The summed E-state index contributed by atoms with van der Waals surface area (Å²) in [5.74, 6) is -1.28. The molecule has 2 aromatic rings. The van der Waals surface area contributed by atoms with Crippen molar-refractivity contribution in [1.29, 1.82) is 0 Å². The summed E-state index contributed by atoms with van der Waals surface area (Å²) in [6.07, 6.45) is 3.68. The van der Waals surface area contributed by atoms with E-state index in [9.17, 15) is 17.2 Å². The number of benzene rings is 1. The van der Waals surface area contributed by atoms with E-state index in [-0.39, 0.29) is 10.9 Å². The molecule has 1 aromatic heterocycles. The van der Waals surface area contributed by atoms with Crippen molar-refractivity contribution in [2.24, 2.45) is 0 Å². The molecule has 140 valence electrons. The van der Waals surface area contributed by atoms with Crippen molar-refractivity contribution >= 4 is 10.0 Å². The van der Waals surface area contributed by atoms with Crippen LogP contribution in [0.1, 0.15) is 30.1 Å². The molecule has 0 saturated carbocycles. The van der Waals surface area contributed by atoms with Gasteiger partial charge in [-0.2, -0.15) is 0 Å². The Morgan fingerprint density at radius 2 is 2.12 bits per heavy atom. The van der Waals surface area contributed by atoms with E-state index in [0.29, 0.717) is 31.6 Å². The topological polar surface area (TPSA) is 76.0 Å². The fourth-order valence-electron chi connectivity index (χ4n) is 3.83. The van der Waals surface area contributed by atoms with Crippen molar-refractivity contribution in [2.45, 2.75) is 42.8 Å². The van der Waals surface area contributed by atoms with Crippen LogP contribution in [0.4, 0.5) is 8.78 Å². The maximum atomic E-state index is 13.6. The van der Waals surface area contributed by atoms with E-state index < -0.39 is 27.7 Å². The molecule has 1 saturated heterocycles. The number of halogens is 2. The van der Waals surface area contributed by atoms with Gasteiger partial charge < -0.3 is 9.88 Å². The molecule has 2 atom stereocenters. The largest absolute Gasteiger partial charge is 0.318 e. The van der Waals surface area contributed by atoms with Crippen LogP contribution in [0.2, 0.25) is 0 Å². The minimum absolute atomic E-state index is 0.166. The van der Waals surface area contributed by atoms with E-state index in [0.717, 1.165) is 30.8 Å². The summed E-state index contributed by atoms with van der Waals surface area (Å²) in [4.78, 5) is 4.19. The fraction of sp³-hybridized carbons (Fsp3) is 0.471. The van der Waals surface area contributed by atoms with Gasteiger partial charge in [-0.25, -0.2) is 26.9 Å². The highest BCUT2D eigenvalue weighted by atomic mass is 32.2. The van der Waals surface area contributed by atoms with Gasteiger partial charge in [-0.05, 0) is 37.1 Å². The van der Waals surface area contributed by atoms with Crippen molar-refractivity contribution in [2.75, 3.05) is 13.1 Å². The van der Waals surface area contributed by atoms with Crippen LogP contribution in [0.25, 0.3) is 0 Å². The van der Waals surface area contributed by atoms with Gasteiger partial charge in [-0.1, -0.05) is 6.07 Å². The van der Waals surface area contributed by atoms with Crippen molar-refractivity contribution in [3.05, 3.63) is 47.4 Å². The number of piperidine rings is 1. The lowest BCUT2D eigenvalue weighted by atomic mass is 9.86. The summed E-state index contributed by atoms with van der Waals surface area (Å²) in [6.45, 7) is 1.74. The molecule has 1 fully saturated rings. The number of hydrogen-bond donors (Lipinski definition) is 2. The first-order valence-electron chi connectivity index (χ1n) is 8.68. The lowest BCUT2D eigenvalue weighted by Crippen LogP contribution is -2.50. The molecule has 0 radical (unpaired) electrons. The predicted molar refractivity (Wildman–Crippen MR) is 91.2 cm³/mol. The summed E-state index contributed by atoms with van der Waals surface area (Å²) in [6, 6.07) is 3.31. The molecule has 2 unspecified atom stereocenters. The Hall–Kier alpha value is -1.84. The molecule has 2 aliphatic rings. The maximum Gasteiger partial charge on any atom is 0.258 e. The Morgan fingerprint density at radius 1 is 1.27 bits per heavy atom. The number of aromatic nitrogens is 2. The molecule has 0 aliphatic carbocycles. The van der Waals surface area contributed by atoms with E-state index >= 15 is 0 Å². The van der Waals surface area contributed by atoms with Crippen LogP contribution in [-0.2, 0) is 23.0 Å². The highest BCUT2D eigenvalue weighted by Crippen LogP contribution is 2.28. The van der Waals surface area contributed by atoms with Crippen LogP contribution in [0.3, 0.4) is 0 Å². The van der Waals surface area contributed by atoms with E-state index in [1.807, 2.05) is 0 Å². The fourth-order valence-corrected chi connectivity index (χ4v) is 5.27. The third-order valence-corrected chi connectivity index (χ3v) is 6.61. The van der Waals surface area contributed by atoms with Gasteiger partial charge in [0.1, 0.15) is 5.82 Å². The van der Waals surface area contributed by atoms with Crippen LogP contribution in [-0.4, -0.2) is 37.1 Å². The number of hydrogen-bond acceptors (Lipinski definition) is 4. The molecule has 2 aliphatic heterocycles. The van der Waals surface area contributed by atoms with E-state index in [1.165, 1.54) is 12.3 Å². The Labute approximate surface area is 150 Å². The second kappa shape index (κ2) is 6.71. The van der Waals surface area contributed by atoms with Crippen molar-refractivity contribution in [3.8, 4) is 0 Å². The van der Waals surface area contributed by atoms with Gasteiger partial charge >= 0.3 is 0 Å². The van der Waals surface area contributed by atoms with Gasteiger partial charge in [0.25, 0.3) is 10.0 Å². The lowest BCUT2D eigenvalue weighted by molar-refractivity contribution is 0.375. The van der Waals surface area contributed by atoms with Crippen molar-refractivity contribution < 1.29 is 17.2 Å². The van der Waals surface area contributed by atoms with Crippen LogP contribution in [0, 0.1) is 11.6 Å². The van der Waals surface area contributed by atoms with E-state index in [4.69, 9.17) is 0 Å². The summed E-state index contributed by atoms with van der Waals surface area (Å²) < 4.78 is 57.1. The quantitative estimate of drug-likeness (QED) is 0.841. The Morgan fingerprint density at radius 3 is 2.92 bits per heavy atom. The Bertz CT molecular complexity index is 929. The SMILES string of the molecule is O=S(=O)(NC1CNCCC1c1ccc(F)c(F)c1)c1cnc2n1CCC2. The molecule has 1 aromatic carbocycles. The van der Waals surface area contributed by atoms with Gasteiger partial charge in [0.2, 0.25) is 0 Å². The maximum absolute atomic E-state index is 13.6. The zero-order valence-electron chi connectivity index (χ0n) is 14.1. The molecule has 4 rings (SSSR count). The molecule has 0 bridgehead atoms. The number of fused-ring (bicyclic) bond motifs is 1. The summed E-state index contributed by atoms with van der Waals surface area (Å²) in [7, 11) is -3.76. The molecule has 0 amide bonds. The molecular formula is C17H20F2N4O2S. The average Bonchev–Trinajstić information content (AvgIpc) is 3.21. The average molecular weight is 382 g/mol. The number of sulfonamides is 1. The first-order chi connectivity index (χ1) is 12.5. The summed E-state index contributed by atoms with van der Waals surface area (Å²) in [5, 5.41) is 3.33. The normalized spacial score (nSPS) is 23.2. The smallest absolute Gasteiger partial charge is 0.258 e. The first kappa shape index (κ1) is 17.6. The molecule has 0 spiro atoms. The van der Waals surface area contributed by atoms with Gasteiger partial charge in [0, 0.05) is 31.5 Å². The van der Waals surface area contributed by atoms with Crippen LogP contribution in [0.15, 0.2) is 29.4 Å². The molecule has 6 nitrogen and oxygen atoms in total. The first-order valence-corrected chi connectivity index (χ1v) is 10.2. The van der Waals surface area contributed by atoms with Crippen LogP contribution in [0.5, 0.6) is 0 Å². The standard InChI is InChI=1S/C17H20F2N4O2S/c18-13-4-3-11(8-14(13)19)12-5-6-20-9-15(12)22-26(24,25)17-10-21-16-2-1-7-23(16)17/h3-4,8,10,12,15,20,22H,1-2,5-7,9H2. The molecule has 3 heterocycles. The van der Waals surface area contributed by atoms with Crippen LogP contribution >= 0.6 is 0 Å². The number of nitrogens with zero attached hydrogens (tertiary/aromatic N) is 2. The molecule has 2 N–H and O–H groups in total. The second-order valence-corrected chi connectivity index (χ2v) is 8.43. The number of imidazole rings is 1. The number of aryl methyl sites for hydroxylation is 1. The molecular weight excluding hydrogens is 362 g/mol. The highest BCUT2D eigenvalue weighted by Gasteiger charge is 2.33. The van der Waals surface area contributed by atoms with Gasteiger partial charge in [0.15, 0.2) is 16.7 Å². The van der Waals surface area contributed by atoms with Crippen molar-refractivity contribution in [3.63, 3.8) is 0 Å². The Balaban J connectivity index is 1.61. The van der Waals surface area contributed by atoms with Gasteiger partial charge in [-0.3, -0.25) is 0 Å². The van der Waals surface area contributed by atoms with Crippen LogP contribution < -0.4 is 10.0 Å². The third kappa shape index (κ3) is 3.15.